The van der Waals surface area contributed by atoms with Crippen LogP contribution in [0.25, 0.3) is 10.7 Å². The number of hydrogen-bond acceptors (Lipinski definition) is 6. The molecule has 0 aliphatic rings. The van der Waals surface area contributed by atoms with Gasteiger partial charge in [0.25, 0.3) is 0 Å². The zero-order chi connectivity index (χ0) is 16.8. The van der Waals surface area contributed by atoms with Crippen molar-refractivity contribution in [2.45, 2.75) is 20.4 Å². The first-order valence-electron chi connectivity index (χ1n) is 7.38. The van der Waals surface area contributed by atoms with Crippen molar-refractivity contribution in [2.24, 2.45) is 0 Å². The van der Waals surface area contributed by atoms with Gasteiger partial charge >= 0.3 is 0 Å². The molecule has 0 aliphatic carbocycles. The minimum atomic E-state index is -0.236. The van der Waals surface area contributed by atoms with E-state index in [-0.39, 0.29) is 24.9 Å². The summed E-state index contributed by atoms with van der Waals surface area (Å²) in [6, 6.07) is 3.79. The highest BCUT2D eigenvalue weighted by molar-refractivity contribution is 7.13. The molecule has 0 fully saturated rings. The normalized spacial score (nSPS) is 10.6. The monoisotopic (exact) mass is 336 g/mol. The quantitative estimate of drug-likeness (QED) is 0.744. The lowest BCUT2D eigenvalue weighted by molar-refractivity contribution is -0.139. The first-order valence-corrected chi connectivity index (χ1v) is 8.26. The number of amides is 2. The van der Waals surface area contributed by atoms with E-state index < -0.39 is 0 Å². The van der Waals surface area contributed by atoms with Gasteiger partial charge in [0, 0.05) is 20.1 Å². The van der Waals surface area contributed by atoms with E-state index in [0.717, 1.165) is 4.88 Å². The van der Waals surface area contributed by atoms with Gasteiger partial charge in [-0.1, -0.05) is 6.07 Å². The third-order valence-corrected chi connectivity index (χ3v) is 4.25. The second-order valence-corrected chi connectivity index (χ2v) is 5.88. The Kier molecular flexibility index (Phi) is 5.80. The maximum absolute atomic E-state index is 12.2. The van der Waals surface area contributed by atoms with E-state index in [9.17, 15) is 9.59 Å². The zero-order valence-corrected chi connectivity index (χ0v) is 14.3. The Bertz CT molecular complexity index is 650. The zero-order valence-electron chi connectivity index (χ0n) is 13.5. The molecule has 2 aromatic rings. The molecule has 124 valence electrons. The fourth-order valence-electron chi connectivity index (χ4n) is 2.02. The number of thiophene rings is 1. The fourth-order valence-corrected chi connectivity index (χ4v) is 2.67. The van der Waals surface area contributed by atoms with Crippen molar-refractivity contribution in [3.05, 3.63) is 17.5 Å². The third-order valence-electron chi connectivity index (χ3n) is 3.39. The van der Waals surface area contributed by atoms with Gasteiger partial charge in [0.05, 0.1) is 11.4 Å². The molecule has 2 amide bonds. The lowest BCUT2D eigenvalue weighted by atomic mass is 10.4. The molecule has 23 heavy (non-hydrogen) atoms. The molecule has 0 aromatic carbocycles. The molecule has 0 spiro atoms. The molecule has 2 rings (SSSR count). The molecule has 0 unspecified atom stereocenters. The Labute approximate surface area is 138 Å². The van der Waals surface area contributed by atoms with Crippen LogP contribution in [-0.2, 0) is 16.1 Å². The maximum Gasteiger partial charge on any atom is 0.246 e. The molecule has 0 saturated carbocycles. The molecule has 9 heteroatoms. The number of rotatable bonds is 7. The van der Waals surface area contributed by atoms with Crippen molar-refractivity contribution in [1.29, 1.82) is 0 Å². The smallest absolute Gasteiger partial charge is 0.246 e. The molecule has 0 radical (unpaired) electrons. The molecule has 0 atom stereocenters. The van der Waals surface area contributed by atoms with E-state index >= 15 is 0 Å². The van der Waals surface area contributed by atoms with Crippen LogP contribution in [0.4, 0.5) is 0 Å². The average Bonchev–Trinajstić information content (AvgIpc) is 3.19. The Hall–Kier alpha value is -2.29. The third kappa shape index (κ3) is 4.35. The summed E-state index contributed by atoms with van der Waals surface area (Å²) in [5.41, 5.74) is 0. The highest BCUT2D eigenvalue weighted by Gasteiger charge is 2.18. The molecule has 0 bridgehead atoms. The van der Waals surface area contributed by atoms with Crippen molar-refractivity contribution < 1.29 is 9.59 Å². The Morgan fingerprint density at radius 3 is 2.61 bits per heavy atom. The summed E-state index contributed by atoms with van der Waals surface area (Å²) < 4.78 is 0. The van der Waals surface area contributed by atoms with Gasteiger partial charge in [-0.25, -0.2) is 0 Å². The summed E-state index contributed by atoms with van der Waals surface area (Å²) in [5, 5.41) is 13.9. The molecule has 2 aromatic heterocycles. The molecule has 0 saturated heterocycles. The topological polar surface area (TPSA) is 84.2 Å². The first kappa shape index (κ1) is 17.1. The summed E-state index contributed by atoms with van der Waals surface area (Å²) in [4.78, 5) is 29.4. The predicted molar refractivity (Wildman–Crippen MR) is 86.7 cm³/mol. The van der Waals surface area contributed by atoms with Crippen molar-refractivity contribution in [2.75, 3.05) is 26.7 Å². The van der Waals surface area contributed by atoms with Crippen LogP contribution in [0.5, 0.6) is 0 Å². The number of nitrogens with zero attached hydrogens (tertiary/aromatic N) is 6. The lowest BCUT2D eigenvalue weighted by Crippen LogP contribution is -2.42. The minimum absolute atomic E-state index is 0.0413. The highest BCUT2D eigenvalue weighted by Crippen LogP contribution is 2.19. The summed E-state index contributed by atoms with van der Waals surface area (Å²) in [6.45, 7) is 5.09. The highest BCUT2D eigenvalue weighted by atomic mass is 32.1. The molecular weight excluding hydrogens is 316 g/mol. The van der Waals surface area contributed by atoms with E-state index in [1.807, 2.05) is 31.4 Å². The van der Waals surface area contributed by atoms with Crippen LogP contribution in [0.15, 0.2) is 17.5 Å². The van der Waals surface area contributed by atoms with E-state index in [0.29, 0.717) is 18.9 Å². The van der Waals surface area contributed by atoms with Gasteiger partial charge in [-0.15, -0.1) is 21.5 Å². The van der Waals surface area contributed by atoms with Crippen LogP contribution < -0.4 is 0 Å². The Morgan fingerprint density at radius 2 is 2.00 bits per heavy atom. The maximum atomic E-state index is 12.2. The van der Waals surface area contributed by atoms with Gasteiger partial charge < -0.3 is 9.80 Å². The fraction of sp³-hybridized carbons (Fsp3) is 0.500. The number of hydrogen-bond donors (Lipinski definition) is 0. The van der Waals surface area contributed by atoms with Gasteiger partial charge in [-0.2, -0.15) is 4.80 Å². The largest absolute Gasteiger partial charge is 0.342 e. The summed E-state index contributed by atoms with van der Waals surface area (Å²) >= 11 is 1.51. The van der Waals surface area contributed by atoms with Crippen molar-refractivity contribution in [3.63, 3.8) is 0 Å². The second-order valence-electron chi connectivity index (χ2n) is 4.94. The number of carbonyl (C=O) groups excluding carboxylic acids is 2. The minimum Gasteiger partial charge on any atom is -0.342 e. The van der Waals surface area contributed by atoms with Gasteiger partial charge in [0.1, 0.15) is 6.54 Å². The number of tetrazole rings is 1. The van der Waals surface area contributed by atoms with Crippen LogP contribution in [0.2, 0.25) is 0 Å². The van der Waals surface area contributed by atoms with E-state index in [2.05, 4.69) is 15.4 Å². The van der Waals surface area contributed by atoms with Crippen LogP contribution in [0, 0.1) is 0 Å². The molecule has 0 N–H and O–H groups in total. The van der Waals surface area contributed by atoms with Crippen molar-refractivity contribution >= 4 is 23.2 Å². The van der Waals surface area contributed by atoms with Crippen LogP contribution in [-0.4, -0.2) is 68.5 Å². The molecule has 2 heterocycles. The van der Waals surface area contributed by atoms with Crippen LogP contribution in [0.1, 0.15) is 13.8 Å². The van der Waals surface area contributed by atoms with Crippen molar-refractivity contribution in [1.82, 2.24) is 30.0 Å². The average molecular weight is 336 g/mol. The summed E-state index contributed by atoms with van der Waals surface area (Å²) in [7, 11) is 1.60. The second kappa shape index (κ2) is 7.82. The van der Waals surface area contributed by atoms with Gasteiger partial charge in [-0.3, -0.25) is 9.59 Å². The number of aromatic nitrogens is 4. The Balaban J connectivity index is 1.92. The van der Waals surface area contributed by atoms with Crippen LogP contribution in [0.3, 0.4) is 0 Å². The predicted octanol–water partition coefficient (Wildman–Crippen LogP) is 0.728. The van der Waals surface area contributed by atoms with E-state index in [4.69, 9.17) is 0 Å². The van der Waals surface area contributed by atoms with Gasteiger partial charge in [0.15, 0.2) is 0 Å². The standard InChI is InChI=1S/C14H20N6O2S/c1-4-19(5-2)13(22)9-18(3)12(21)10-20-16-14(15-17-20)11-7-6-8-23-11/h6-8H,4-5,9-10H2,1-3H3. The molecular formula is C14H20N6O2S. The SMILES string of the molecule is CCN(CC)C(=O)CN(C)C(=O)Cn1nnc(-c2cccs2)n1. The summed E-state index contributed by atoms with van der Waals surface area (Å²) in [5.74, 6) is 0.187. The van der Waals surface area contributed by atoms with Crippen molar-refractivity contribution in [3.8, 4) is 10.7 Å². The Morgan fingerprint density at radius 1 is 1.26 bits per heavy atom. The number of carbonyl (C=O) groups is 2. The molecule has 8 nitrogen and oxygen atoms in total. The summed E-state index contributed by atoms with van der Waals surface area (Å²) in [6.07, 6.45) is 0. The van der Waals surface area contributed by atoms with E-state index in [1.165, 1.54) is 21.0 Å². The van der Waals surface area contributed by atoms with Gasteiger partial charge in [-0.05, 0) is 30.5 Å². The first-order chi connectivity index (χ1) is 11.0. The number of likely N-dealkylation sites (N-methyl/N-ethyl adjacent to an activating group) is 2. The van der Waals surface area contributed by atoms with Crippen LogP contribution >= 0.6 is 11.3 Å². The molecule has 0 aliphatic heterocycles. The van der Waals surface area contributed by atoms with Gasteiger partial charge in [0.2, 0.25) is 17.6 Å². The lowest BCUT2D eigenvalue weighted by Gasteiger charge is -2.22. The van der Waals surface area contributed by atoms with E-state index in [1.54, 1.807) is 11.9 Å².